The number of hydrogen-bond donors (Lipinski definition) is 0. The summed E-state index contributed by atoms with van der Waals surface area (Å²) in [6.07, 6.45) is 7.55. The average Bonchev–Trinajstić information content (AvgIpc) is 3.24. The molecule has 0 amide bonds. The normalized spacial score (nSPS) is 21.4. The van der Waals surface area contributed by atoms with Gasteiger partial charge in [-0.25, -0.2) is 32.2 Å². The fourth-order valence-corrected chi connectivity index (χ4v) is 6.91. The lowest BCUT2D eigenvalue weighted by Crippen LogP contribution is -2.38. The minimum atomic E-state index is -3.31. The van der Waals surface area contributed by atoms with Crippen LogP contribution in [0.4, 0.5) is 8.78 Å². The van der Waals surface area contributed by atoms with Crippen LogP contribution in [-0.2, 0) is 21.0 Å². The largest absolute Gasteiger partial charge is 0.260 e. The molecule has 0 unspecified atom stereocenters. The molecule has 0 spiro atoms. The Labute approximate surface area is 218 Å². The maximum Gasteiger partial charge on any atom is 0.154 e. The summed E-state index contributed by atoms with van der Waals surface area (Å²) in [5, 5.41) is 8.83. The van der Waals surface area contributed by atoms with Crippen molar-refractivity contribution in [1.29, 1.82) is 0 Å². The number of nitrogens with zero attached hydrogens (tertiary/aromatic N) is 6. The smallest absolute Gasteiger partial charge is 0.154 e. The van der Waals surface area contributed by atoms with Crippen LogP contribution in [0.2, 0.25) is 0 Å². The van der Waals surface area contributed by atoms with Gasteiger partial charge in [-0.2, -0.15) is 5.10 Å². The van der Waals surface area contributed by atoms with E-state index < -0.39 is 26.9 Å². The van der Waals surface area contributed by atoms with Crippen LogP contribution in [0.5, 0.6) is 0 Å². The van der Waals surface area contributed by atoms with Gasteiger partial charge >= 0.3 is 0 Å². The second kappa shape index (κ2) is 8.39. The Morgan fingerprint density at radius 2 is 1.76 bits per heavy atom. The van der Waals surface area contributed by atoms with Crippen LogP contribution in [0.3, 0.4) is 0 Å². The van der Waals surface area contributed by atoms with Gasteiger partial charge in [-0.1, -0.05) is 19.9 Å². The van der Waals surface area contributed by atoms with Crippen LogP contribution < -0.4 is 0 Å². The Hall–Kier alpha value is -3.73. The second-order valence-electron chi connectivity index (χ2n) is 10.6. The predicted molar refractivity (Wildman–Crippen MR) is 136 cm³/mol. The fraction of sp³-hybridized carbons (Fsp3) is 0.333. The minimum absolute atomic E-state index is 0.0902. The van der Waals surface area contributed by atoms with Crippen LogP contribution in [0.25, 0.3) is 22.6 Å². The molecule has 8 nitrogen and oxygen atoms in total. The first-order valence-electron chi connectivity index (χ1n) is 12.2. The third-order valence-electron chi connectivity index (χ3n) is 8.03. The van der Waals surface area contributed by atoms with E-state index in [9.17, 15) is 17.2 Å². The third-order valence-corrected chi connectivity index (χ3v) is 8.81. The van der Waals surface area contributed by atoms with Gasteiger partial charge in [0.15, 0.2) is 9.84 Å². The first kappa shape index (κ1) is 24.6. The van der Waals surface area contributed by atoms with E-state index in [1.165, 1.54) is 24.4 Å². The molecule has 2 bridgehead atoms. The van der Waals surface area contributed by atoms with Gasteiger partial charge in [0.25, 0.3) is 0 Å². The first-order chi connectivity index (χ1) is 18.0. The maximum atomic E-state index is 14.5. The highest BCUT2D eigenvalue weighted by atomic mass is 32.2. The number of sulfone groups is 1. The van der Waals surface area contributed by atoms with E-state index in [2.05, 4.69) is 39.0 Å². The number of aromatic nitrogens is 6. The average molecular weight is 535 g/mol. The topological polar surface area (TPSA) is 111 Å². The van der Waals surface area contributed by atoms with Crippen molar-refractivity contribution in [2.24, 2.45) is 5.41 Å². The fourth-order valence-electron chi connectivity index (χ4n) is 6.30. The number of halogens is 2. The van der Waals surface area contributed by atoms with E-state index in [1.807, 2.05) is 0 Å². The lowest BCUT2D eigenvalue weighted by Gasteiger charge is -2.37. The Kier molecular flexibility index (Phi) is 5.43. The van der Waals surface area contributed by atoms with E-state index in [-0.39, 0.29) is 34.2 Å². The minimum Gasteiger partial charge on any atom is -0.260 e. The van der Waals surface area contributed by atoms with Gasteiger partial charge < -0.3 is 0 Å². The Bertz CT molecular complexity index is 1690. The Morgan fingerprint density at radius 3 is 2.50 bits per heavy atom. The quantitative estimate of drug-likeness (QED) is 0.370. The molecule has 11 heteroatoms. The summed E-state index contributed by atoms with van der Waals surface area (Å²) in [5.41, 5.74) is 2.35. The third kappa shape index (κ3) is 3.63. The van der Waals surface area contributed by atoms with Crippen molar-refractivity contribution in [2.45, 2.75) is 43.8 Å². The molecular formula is C27H24F2N6O2S. The highest BCUT2D eigenvalue weighted by Gasteiger charge is 2.65. The molecule has 3 aromatic heterocycles. The highest BCUT2D eigenvalue weighted by Crippen LogP contribution is 2.69. The molecule has 2 aliphatic carbocycles. The lowest BCUT2D eigenvalue weighted by atomic mass is 9.66. The van der Waals surface area contributed by atoms with Crippen LogP contribution >= 0.6 is 0 Å². The number of hydrogen-bond acceptors (Lipinski definition) is 8. The van der Waals surface area contributed by atoms with E-state index in [4.69, 9.17) is 4.98 Å². The van der Waals surface area contributed by atoms with Crippen LogP contribution in [-0.4, -0.2) is 44.8 Å². The van der Waals surface area contributed by atoms with Gasteiger partial charge in [0.05, 0.1) is 40.0 Å². The molecule has 0 saturated heterocycles. The molecule has 4 aromatic rings. The van der Waals surface area contributed by atoms with Crippen molar-refractivity contribution in [3.8, 4) is 22.6 Å². The first-order valence-corrected chi connectivity index (χ1v) is 14.2. The number of fused-ring (bicyclic) bond motifs is 5. The van der Waals surface area contributed by atoms with Crippen LogP contribution in [0.1, 0.15) is 55.4 Å². The predicted octanol–water partition coefficient (Wildman–Crippen LogP) is 4.42. The van der Waals surface area contributed by atoms with Crippen molar-refractivity contribution >= 4 is 9.84 Å². The molecule has 0 radical (unpaired) electrons. The van der Waals surface area contributed by atoms with Gasteiger partial charge in [-0.05, 0) is 54.0 Å². The van der Waals surface area contributed by atoms with Crippen molar-refractivity contribution in [1.82, 2.24) is 30.1 Å². The van der Waals surface area contributed by atoms with E-state index >= 15 is 0 Å². The molecule has 38 heavy (non-hydrogen) atoms. The summed E-state index contributed by atoms with van der Waals surface area (Å²) in [7, 11) is -3.31. The summed E-state index contributed by atoms with van der Waals surface area (Å²) >= 11 is 0. The molecule has 0 aliphatic heterocycles. The van der Waals surface area contributed by atoms with Gasteiger partial charge in [0, 0.05) is 18.6 Å². The monoisotopic (exact) mass is 534 g/mol. The number of benzene rings is 1. The zero-order valence-corrected chi connectivity index (χ0v) is 21.8. The van der Waals surface area contributed by atoms with Crippen molar-refractivity contribution in [2.75, 3.05) is 6.26 Å². The summed E-state index contributed by atoms with van der Waals surface area (Å²) in [4.78, 5) is 17.9. The van der Waals surface area contributed by atoms with Gasteiger partial charge in [-0.15, -0.1) is 5.10 Å². The van der Waals surface area contributed by atoms with Crippen LogP contribution in [0, 0.1) is 17.0 Å². The SMILES string of the molecule is CC1(C)[C@H]2CC[C@]1(c1cncc(-c3ccnc(CS(C)(=O)=O)n3)n1)c1nnc(-c3c(F)cccc3F)cc12. The zero-order chi connectivity index (χ0) is 26.9. The summed E-state index contributed by atoms with van der Waals surface area (Å²) in [6.45, 7) is 4.30. The molecular weight excluding hydrogens is 510 g/mol. The van der Waals surface area contributed by atoms with Crippen molar-refractivity contribution in [3.05, 3.63) is 83.3 Å². The molecule has 1 aromatic carbocycles. The standard InChI is InChI=1S/C27H24F2N6O2S/c1-26(2)16-7-9-27(26,25-15(16)11-20(34-35-25)24-17(28)5-4-6-18(24)29)22-13-30-12-21(32-22)19-8-10-31-23(33-19)14-38(3,36)37/h4-6,8,10-13,16H,7,9,14H2,1-3H3/t16-,27-/m0/s1. The zero-order valence-electron chi connectivity index (χ0n) is 21.0. The molecule has 2 atom stereocenters. The van der Waals surface area contributed by atoms with Gasteiger partial charge in [0.1, 0.15) is 28.9 Å². The van der Waals surface area contributed by atoms with Gasteiger partial charge in [-0.3, -0.25) is 4.98 Å². The van der Waals surface area contributed by atoms with E-state index in [0.717, 1.165) is 30.4 Å². The summed E-state index contributed by atoms with van der Waals surface area (Å²) in [6, 6.07) is 7.16. The Balaban J connectivity index is 1.47. The molecule has 2 aliphatic rings. The molecule has 194 valence electrons. The van der Waals surface area contributed by atoms with Crippen LogP contribution in [0.15, 0.2) is 48.9 Å². The summed E-state index contributed by atoms with van der Waals surface area (Å²) < 4.78 is 52.5. The molecule has 3 heterocycles. The highest BCUT2D eigenvalue weighted by molar-refractivity contribution is 7.89. The van der Waals surface area contributed by atoms with Crippen molar-refractivity contribution in [3.63, 3.8) is 0 Å². The van der Waals surface area contributed by atoms with Crippen molar-refractivity contribution < 1.29 is 17.2 Å². The van der Waals surface area contributed by atoms with E-state index in [1.54, 1.807) is 24.5 Å². The molecule has 1 fully saturated rings. The Morgan fingerprint density at radius 1 is 1.00 bits per heavy atom. The second-order valence-corrected chi connectivity index (χ2v) is 12.7. The molecule has 0 N–H and O–H groups in total. The lowest BCUT2D eigenvalue weighted by molar-refractivity contribution is 0.242. The molecule has 6 rings (SSSR count). The molecule has 1 saturated carbocycles. The van der Waals surface area contributed by atoms with E-state index in [0.29, 0.717) is 17.1 Å². The number of rotatable bonds is 5. The summed E-state index contributed by atoms with van der Waals surface area (Å²) in [5.74, 6) is -1.38. The van der Waals surface area contributed by atoms with Gasteiger partial charge in [0.2, 0.25) is 0 Å². The maximum absolute atomic E-state index is 14.5.